The molecule has 0 saturated heterocycles. The summed E-state index contributed by atoms with van der Waals surface area (Å²) in [6, 6.07) is 3.24. The predicted octanol–water partition coefficient (Wildman–Crippen LogP) is 0.306. The lowest BCUT2D eigenvalue weighted by Crippen LogP contribution is -2.23. The van der Waals surface area contributed by atoms with Gasteiger partial charge in [0.2, 0.25) is 10.0 Å². The van der Waals surface area contributed by atoms with Crippen molar-refractivity contribution in [3.63, 3.8) is 0 Å². The second kappa shape index (κ2) is 3.08. The Morgan fingerprint density at radius 3 is 3.15 bits per heavy atom. The van der Waals surface area contributed by atoms with Crippen LogP contribution in [-0.2, 0) is 16.4 Å². The first-order valence-electron chi connectivity index (χ1n) is 4.14. The number of pyridine rings is 1. The van der Waals surface area contributed by atoms with E-state index in [0.717, 1.165) is 12.8 Å². The van der Waals surface area contributed by atoms with Crippen molar-refractivity contribution in [3.05, 3.63) is 24.0 Å². The number of aryl methyl sites for hydroxylation is 1. The van der Waals surface area contributed by atoms with Gasteiger partial charge in [-0.3, -0.25) is 4.98 Å². The smallest absolute Gasteiger partial charge is 0.242 e. The zero-order chi connectivity index (χ0) is 9.31. The van der Waals surface area contributed by atoms with Gasteiger partial charge in [-0.15, -0.1) is 0 Å². The Bertz CT molecular complexity index is 414. The van der Waals surface area contributed by atoms with Crippen LogP contribution >= 0.6 is 0 Å². The van der Waals surface area contributed by atoms with Gasteiger partial charge in [-0.2, -0.15) is 0 Å². The summed E-state index contributed by atoms with van der Waals surface area (Å²) in [5.74, 6) is 0. The predicted molar refractivity (Wildman–Crippen MR) is 47.7 cm³/mol. The highest BCUT2D eigenvalue weighted by molar-refractivity contribution is 7.89. The molecule has 2 heterocycles. The van der Waals surface area contributed by atoms with Crippen molar-refractivity contribution in [1.29, 1.82) is 0 Å². The lowest BCUT2D eigenvalue weighted by atomic mass is 10.2. The van der Waals surface area contributed by atoms with Gasteiger partial charge < -0.3 is 0 Å². The van der Waals surface area contributed by atoms with E-state index in [-0.39, 0.29) is 0 Å². The molecule has 0 aromatic carbocycles. The Balaban J connectivity index is 2.62. The first-order chi connectivity index (χ1) is 6.20. The van der Waals surface area contributed by atoms with Gasteiger partial charge in [0.25, 0.3) is 0 Å². The van der Waals surface area contributed by atoms with Crippen LogP contribution in [0, 0.1) is 0 Å². The van der Waals surface area contributed by atoms with Crippen LogP contribution in [0.4, 0.5) is 0 Å². The number of hydrogen-bond donors (Lipinski definition) is 1. The van der Waals surface area contributed by atoms with Gasteiger partial charge >= 0.3 is 0 Å². The van der Waals surface area contributed by atoms with Gasteiger partial charge in [-0.1, -0.05) is 0 Å². The molecule has 1 N–H and O–H groups in total. The maximum Gasteiger partial charge on any atom is 0.242 e. The molecule has 0 atom stereocenters. The minimum absolute atomic E-state index is 0.326. The maximum atomic E-state index is 11.5. The fraction of sp³-hybridized carbons (Fsp3) is 0.375. The highest BCUT2D eigenvalue weighted by Gasteiger charge is 2.21. The van der Waals surface area contributed by atoms with Crippen molar-refractivity contribution in [3.8, 4) is 0 Å². The summed E-state index contributed by atoms with van der Waals surface area (Å²) in [6.45, 7) is 0.499. The fourth-order valence-electron chi connectivity index (χ4n) is 1.40. The van der Waals surface area contributed by atoms with Gasteiger partial charge in [-0.05, 0) is 25.0 Å². The summed E-state index contributed by atoms with van der Waals surface area (Å²) in [5, 5.41) is 0. The molecule has 1 aliphatic heterocycles. The monoisotopic (exact) mass is 198 g/mol. The molecule has 70 valence electrons. The molecule has 0 unspecified atom stereocenters. The lowest BCUT2D eigenvalue weighted by molar-refractivity contribution is 0.583. The number of rotatable bonds is 0. The highest BCUT2D eigenvalue weighted by Crippen LogP contribution is 2.16. The Morgan fingerprint density at radius 2 is 2.31 bits per heavy atom. The van der Waals surface area contributed by atoms with Crippen molar-refractivity contribution in [1.82, 2.24) is 9.71 Å². The van der Waals surface area contributed by atoms with E-state index in [1.807, 2.05) is 0 Å². The Kier molecular flexibility index (Phi) is 2.05. The first kappa shape index (κ1) is 8.65. The third-order valence-corrected chi connectivity index (χ3v) is 3.56. The largest absolute Gasteiger partial charge is 0.260 e. The number of nitrogens with zero attached hydrogens (tertiary/aromatic N) is 1. The molecule has 0 aliphatic carbocycles. The van der Waals surface area contributed by atoms with Gasteiger partial charge in [0.05, 0.1) is 5.69 Å². The standard InChI is InChI=1S/C8H10N2O2S/c11-13(12)8-4-2-5-9-7(8)3-1-6-10-13/h2,4-5,10H,1,3,6H2. The summed E-state index contributed by atoms with van der Waals surface area (Å²) < 4.78 is 25.6. The second-order valence-corrected chi connectivity index (χ2v) is 4.68. The van der Waals surface area contributed by atoms with Crippen molar-refractivity contribution >= 4 is 10.0 Å². The summed E-state index contributed by atoms with van der Waals surface area (Å²) in [5.41, 5.74) is 0.674. The molecule has 4 nitrogen and oxygen atoms in total. The van der Waals surface area contributed by atoms with Crippen molar-refractivity contribution in [2.75, 3.05) is 6.54 Å². The summed E-state index contributed by atoms with van der Waals surface area (Å²) in [7, 11) is -3.29. The Morgan fingerprint density at radius 1 is 1.46 bits per heavy atom. The molecule has 1 aromatic rings. The van der Waals surface area contributed by atoms with Crippen LogP contribution in [-0.4, -0.2) is 19.9 Å². The SMILES string of the molecule is O=S1(=O)NCCCc2ncccc21. The molecule has 5 heteroatoms. The molecule has 2 rings (SSSR count). The van der Waals surface area contributed by atoms with E-state index in [4.69, 9.17) is 0 Å². The van der Waals surface area contributed by atoms with E-state index >= 15 is 0 Å². The van der Waals surface area contributed by atoms with Crippen LogP contribution in [0.25, 0.3) is 0 Å². The van der Waals surface area contributed by atoms with Crippen molar-refractivity contribution in [2.24, 2.45) is 0 Å². The number of aromatic nitrogens is 1. The molecular formula is C8H10N2O2S. The molecule has 0 saturated carbocycles. The second-order valence-electron chi connectivity index (χ2n) is 2.95. The summed E-state index contributed by atoms with van der Waals surface area (Å²) in [6.07, 6.45) is 3.16. The topological polar surface area (TPSA) is 59.1 Å². The van der Waals surface area contributed by atoms with Gasteiger partial charge in [0.15, 0.2) is 0 Å². The van der Waals surface area contributed by atoms with E-state index in [9.17, 15) is 8.42 Å². The Labute approximate surface area is 77.1 Å². The minimum Gasteiger partial charge on any atom is -0.260 e. The van der Waals surface area contributed by atoms with Crippen molar-refractivity contribution in [2.45, 2.75) is 17.7 Å². The zero-order valence-corrected chi connectivity index (χ0v) is 7.84. The van der Waals surface area contributed by atoms with E-state index in [2.05, 4.69) is 9.71 Å². The quantitative estimate of drug-likeness (QED) is 0.652. The number of nitrogens with one attached hydrogen (secondary N) is 1. The van der Waals surface area contributed by atoms with Gasteiger partial charge in [-0.25, -0.2) is 13.1 Å². The molecule has 1 aromatic heterocycles. The fourth-order valence-corrected chi connectivity index (χ4v) is 2.69. The zero-order valence-electron chi connectivity index (χ0n) is 7.03. The van der Waals surface area contributed by atoms with E-state index in [1.165, 1.54) is 0 Å². The highest BCUT2D eigenvalue weighted by atomic mass is 32.2. The van der Waals surface area contributed by atoms with Crippen LogP contribution < -0.4 is 4.72 Å². The van der Waals surface area contributed by atoms with Crippen LogP contribution in [0.1, 0.15) is 12.1 Å². The van der Waals surface area contributed by atoms with E-state index in [0.29, 0.717) is 17.1 Å². The Hall–Kier alpha value is -0.940. The third-order valence-electron chi connectivity index (χ3n) is 2.02. The summed E-state index contributed by atoms with van der Waals surface area (Å²) >= 11 is 0. The normalized spacial score (nSPS) is 20.3. The first-order valence-corrected chi connectivity index (χ1v) is 5.62. The van der Waals surface area contributed by atoms with Crippen LogP contribution in [0.15, 0.2) is 23.2 Å². The summed E-state index contributed by atoms with van der Waals surface area (Å²) in [4.78, 5) is 4.38. The average Bonchev–Trinajstić information content (AvgIpc) is 2.26. The number of fused-ring (bicyclic) bond motifs is 1. The van der Waals surface area contributed by atoms with Crippen LogP contribution in [0.5, 0.6) is 0 Å². The van der Waals surface area contributed by atoms with E-state index in [1.54, 1.807) is 18.3 Å². The molecule has 13 heavy (non-hydrogen) atoms. The van der Waals surface area contributed by atoms with Crippen LogP contribution in [0.2, 0.25) is 0 Å². The van der Waals surface area contributed by atoms with Gasteiger partial charge in [0.1, 0.15) is 4.90 Å². The van der Waals surface area contributed by atoms with Crippen molar-refractivity contribution < 1.29 is 8.42 Å². The van der Waals surface area contributed by atoms with E-state index < -0.39 is 10.0 Å². The molecular weight excluding hydrogens is 188 g/mol. The van der Waals surface area contributed by atoms with Crippen LogP contribution in [0.3, 0.4) is 0 Å². The molecule has 0 spiro atoms. The lowest BCUT2D eigenvalue weighted by Gasteiger charge is -2.03. The molecule has 1 aliphatic rings. The molecule has 0 radical (unpaired) electrons. The molecule has 0 bridgehead atoms. The molecule has 0 fully saturated rings. The third kappa shape index (κ3) is 1.57. The maximum absolute atomic E-state index is 11.5. The molecule has 0 amide bonds. The minimum atomic E-state index is -3.29. The average molecular weight is 198 g/mol. The number of hydrogen-bond acceptors (Lipinski definition) is 3. The number of sulfonamides is 1. The van der Waals surface area contributed by atoms with Gasteiger partial charge in [0, 0.05) is 12.7 Å².